The molecule has 0 radical (unpaired) electrons. The molecule has 0 spiro atoms. The molecule has 0 bridgehead atoms. The molecule has 1 aromatic heterocycles. The molecule has 1 amide bonds. The first-order chi connectivity index (χ1) is 16.7. The van der Waals surface area contributed by atoms with E-state index in [-0.39, 0.29) is 5.91 Å². The van der Waals surface area contributed by atoms with Crippen molar-refractivity contribution in [2.75, 3.05) is 42.9 Å². The molecule has 7 heteroatoms. The smallest absolute Gasteiger partial charge is 0.220 e. The molecule has 2 aliphatic heterocycles. The molecule has 2 N–H and O–H groups in total. The molecule has 0 saturated carbocycles. The van der Waals surface area contributed by atoms with E-state index in [1.54, 1.807) is 6.33 Å². The molecule has 2 saturated heterocycles. The van der Waals surface area contributed by atoms with Crippen LogP contribution in [0.1, 0.15) is 57.4 Å². The van der Waals surface area contributed by atoms with E-state index in [0.29, 0.717) is 18.4 Å². The Morgan fingerprint density at radius 1 is 1.03 bits per heavy atom. The van der Waals surface area contributed by atoms with Crippen LogP contribution in [0, 0.1) is 5.92 Å². The molecular weight excluding hydrogens is 424 g/mol. The van der Waals surface area contributed by atoms with Crippen LogP contribution in [0.2, 0.25) is 0 Å². The van der Waals surface area contributed by atoms with E-state index in [9.17, 15) is 4.79 Å². The number of anilines is 2. The molecular formula is C27H40N6O. The molecule has 7 nitrogen and oxygen atoms in total. The van der Waals surface area contributed by atoms with Gasteiger partial charge in [0.1, 0.15) is 18.0 Å². The summed E-state index contributed by atoms with van der Waals surface area (Å²) in [6.07, 6.45) is 8.69. The van der Waals surface area contributed by atoms with E-state index in [0.717, 1.165) is 89.4 Å². The van der Waals surface area contributed by atoms with E-state index in [4.69, 9.17) is 0 Å². The Labute approximate surface area is 204 Å². The van der Waals surface area contributed by atoms with Gasteiger partial charge >= 0.3 is 0 Å². The predicted octanol–water partition coefficient (Wildman–Crippen LogP) is 4.08. The van der Waals surface area contributed by atoms with Crippen molar-refractivity contribution in [3.8, 4) is 0 Å². The maximum atomic E-state index is 12.6. The maximum absolute atomic E-state index is 12.6. The second kappa shape index (κ2) is 12.7. The van der Waals surface area contributed by atoms with Crippen LogP contribution in [0.4, 0.5) is 11.6 Å². The average molecular weight is 465 g/mol. The van der Waals surface area contributed by atoms with Gasteiger partial charge < -0.3 is 15.5 Å². The number of hydrogen-bond donors (Lipinski definition) is 2. The van der Waals surface area contributed by atoms with Crippen LogP contribution in [0.25, 0.3) is 0 Å². The number of aromatic nitrogens is 2. The van der Waals surface area contributed by atoms with Gasteiger partial charge in [0.25, 0.3) is 0 Å². The molecule has 2 aliphatic rings. The Kier molecular flexibility index (Phi) is 9.13. The molecule has 0 unspecified atom stereocenters. The minimum atomic E-state index is 0.228. The van der Waals surface area contributed by atoms with Crippen molar-refractivity contribution in [1.82, 2.24) is 20.2 Å². The number of carbonyl (C=O) groups is 1. The number of nitrogens with one attached hydrogen (secondary N) is 2. The fourth-order valence-corrected chi connectivity index (χ4v) is 5.03. The minimum Gasteiger partial charge on any atom is -0.370 e. The van der Waals surface area contributed by atoms with Gasteiger partial charge in [0, 0.05) is 57.8 Å². The second-order valence-electron chi connectivity index (χ2n) is 9.76. The van der Waals surface area contributed by atoms with Gasteiger partial charge in [0.05, 0.1) is 0 Å². The van der Waals surface area contributed by atoms with Crippen molar-refractivity contribution in [2.45, 2.75) is 64.5 Å². The lowest BCUT2D eigenvalue weighted by Gasteiger charge is -2.33. The average Bonchev–Trinajstić information content (AvgIpc) is 2.88. The summed E-state index contributed by atoms with van der Waals surface area (Å²) in [5, 5.41) is 6.64. The van der Waals surface area contributed by atoms with Crippen molar-refractivity contribution in [3.63, 3.8) is 0 Å². The van der Waals surface area contributed by atoms with Gasteiger partial charge in [0.2, 0.25) is 5.91 Å². The Morgan fingerprint density at radius 2 is 1.79 bits per heavy atom. The number of rotatable bonds is 10. The summed E-state index contributed by atoms with van der Waals surface area (Å²) in [6, 6.07) is 13.0. The first-order valence-electron chi connectivity index (χ1n) is 13.1. The molecule has 3 heterocycles. The summed E-state index contributed by atoms with van der Waals surface area (Å²) in [6.45, 7) is 8.18. The van der Waals surface area contributed by atoms with Gasteiger partial charge in [-0.1, -0.05) is 37.3 Å². The van der Waals surface area contributed by atoms with Crippen molar-refractivity contribution < 1.29 is 4.79 Å². The lowest BCUT2D eigenvalue weighted by atomic mass is 9.92. The Balaban J connectivity index is 1.11. The summed E-state index contributed by atoms with van der Waals surface area (Å²) in [7, 11) is 0. The van der Waals surface area contributed by atoms with Gasteiger partial charge in [-0.05, 0) is 50.0 Å². The number of carbonyl (C=O) groups excluding carboxylic acids is 1. The van der Waals surface area contributed by atoms with Gasteiger partial charge in [-0.25, -0.2) is 9.97 Å². The normalized spacial score (nSPS) is 18.1. The number of piperidine rings is 2. The van der Waals surface area contributed by atoms with Crippen LogP contribution in [-0.2, 0) is 11.3 Å². The van der Waals surface area contributed by atoms with Gasteiger partial charge in [0.15, 0.2) is 0 Å². The Bertz CT molecular complexity index is 876. The number of hydrogen-bond acceptors (Lipinski definition) is 6. The SMILES string of the molecule is CCCNc1cc(N2CCC(CCC(=O)NC3CCN(Cc4ccccc4)CC3)CC2)ncn1. The summed E-state index contributed by atoms with van der Waals surface area (Å²) in [5.74, 6) is 2.75. The summed E-state index contributed by atoms with van der Waals surface area (Å²) in [5.41, 5.74) is 1.37. The fourth-order valence-electron chi connectivity index (χ4n) is 5.03. The largest absolute Gasteiger partial charge is 0.370 e. The quantitative estimate of drug-likeness (QED) is 0.552. The minimum absolute atomic E-state index is 0.228. The Morgan fingerprint density at radius 3 is 2.53 bits per heavy atom. The van der Waals surface area contributed by atoms with E-state index < -0.39 is 0 Å². The number of nitrogens with zero attached hydrogens (tertiary/aromatic N) is 4. The molecule has 2 fully saturated rings. The third-order valence-corrected chi connectivity index (χ3v) is 7.13. The van der Waals surface area contributed by atoms with E-state index >= 15 is 0 Å². The lowest BCUT2D eigenvalue weighted by Crippen LogP contribution is -2.44. The zero-order valence-corrected chi connectivity index (χ0v) is 20.6. The number of benzene rings is 1. The van der Waals surface area contributed by atoms with Crippen molar-refractivity contribution in [2.24, 2.45) is 5.92 Å². The van der Waals surface area contributed by atoms with E-state index in [2.05, 4.69) is 73.7 Å². The highest BCUT2D eigenvalue weighted by Gasteiger charge is 2.23. The first-order valence-corrected chi connectivity index (χ1v) is 13.1. The fraction of sp³-hybridized carbons (Fsp3) is 0.593. The first kappa shape index (κ1) is 24.5. The molecule has 34 heavy (non-hydrogen) atoms. The predicted molar refractivity (Wildman–Crippen MR) is 138 cm³/mol. The van der Waals surface area contributed by atoms with Crippen LogP contribution in [0.5, 0.6) is 0 Å². The van der Waals surface area contributed by atoms with Gasteiger partial charge in [-0.3, -0.25) is 9.69 Å². The van der Waals surface area contributed by atoms with Gasteiger partial charge in [-0.15, -0.1) is 0 Å². The van der Waals surface area contributed by atoms with Crippen molar-refractivity contribution in [3.05, 3.63) is 48.3 Å². The number of amides is 1. The third-order valence-electron chi connectivity index (χ3n) is 7.13. The van der Waals surface area contributed by atoms with Crippen LogP contribution < -0.4 is 15.5 Å². The maximum Gasteiger partial charge on any atom is 0.220 e. The topological polar surface area (TPSA) is 73.4 Å². The van der Waals surface area contributed by atoms with Crippen LogP contribution >= 0.6 is 0 Å². The van der Waals surface area contributed by atoms with Crippen LogP contribution in [-0.4, -0.2) is 59.5 Å². The molecule has 0 atom stereocenters. The van der Waals surface area contributed by atoms with Gasteiger partial charge in [-0.2, -0.15) is 0 Å². The van der Waals surface area contributed by atoms with Crippen molar-refractivity contribution in [1.29, 1.82) is 0 Å². The molecule has 0 aliphatic carbocycles. The Hall–Kier alpha value is -2.67. The second-order valence-corrected chi connectivity index (χ2v) is 9.76. The molecule has 184 valence electrons. The molecule has 4 rings (SSSR count). The van der Waals surface area contributed by atoms with E-state index in [1.807, 2.05) is 0 Å². The van der Waals surface area contributed by atoms with Crippen molar-refractivity contribution >= 4 is 17.5 Å². The monoisotopic (exact) mass is 464 g/mol. The summed E-state index contributed by atoms with van der Waals surface area (Å²) in [4.78, 5) is 26.2. The zero-order chi connectivity index (χ0) is 23.6. The number of likely N-dealkylation sites (tertiary alicyclic amines) is 1. The molecule has 2 aromatic rings. The molecule has 1 aromatic carbocycles. The lowest BCUT2D eigenvalue weighted by molar-refractivity contribution is -0.122. The zero-order valence-electron chi connectivity index (χ0n) is 20.6. The van der Waals surface area contributed by atoms with E-state index in [1.165, 1.54) is 5.56 Å². The summed E-state index contributed by atoms with van der Waals surface area (Å²) < 4.78 is 0. The highest BCUT2D eigenvalue weighted by atomic mass is 16.1. The highest BCUT2D eigenvalue weighted by molar-refractivity contribution is 5.76. The highest BCUT2D eigenvalue weighted by Crippen LogP contribution is 2.26. The standard InChI is InChI=1S/C27H40N6O/c1-2-14-28-25-19-26(30-21-29-25)33-17-10-22(11-18-33)8-9-27(34)31-24-12-15-32(16-13-24)20-23-6-4-3-5-7-23/h3-7,19,21-22,24H,2,8-18,20H2,1H3,(H,31,34)(H,28,29,30). The summed E-state index contributed by atoms with van der Waals surface area (Å²) >= 11 is 0. The van der Waals surface area contributed by atoms with Crippen LogP contribution in [0.15, 0.2) is 42.7 Å². The third kappa shape index (κ3) is 7.42. The van der Waals surface area contributed by atoms with Crippen LogP contribution in [0.3, 0.4) is 0 Å².